The Morgan fingerprint density at radius 3 is 2.55 bits per heavy atom. The fourth-order valence-corrected chi connectivity index (χ4v) is 3.52. The Hall–Kier alpha value is -0.670. The molecule has 1 aliphatic heterocycles. The Bertz CT molecular complexity index is 412. The molecule has 1 aliphatic rings. The first-order chi connectivity index (χ1) is 9.46. The fraction of sp³-hybridized carbons (Fsp3) is 0.647. The van der Waals surface area contributed by atoms with Gasteiger partial charge in [0.05, 0.1) is 0 Å². The van der Waals surface area contributed by atoms with Crippen molar-refractivity contribution in [2.45, 2.75) is 51.4 Å². The second-order valence-corrected chi connectivity index (χ2v) is 8.35. The molecule has 0 atom stereocenters. The van der Waals surface area contributed by atoms with E-state index in [1.807, 2.05) is 0 Å². The molecular weight excluding hydrogens is 264 g/mol. The topological polar surface area (TPSA) is 15.3 Å². The van der Waals surface area contributed by atoms with Gasteiger partial charge in [0.15, 0.2) is 0 Å². The summed E-state index contributed by atoms with van der Waals surface area (Å²) in [4.78, 5) is 2.53. The summed E-state index contributed by atoms with van der Waals surface area (Å²) in [6, 6.07) is 9.61. The van der Waals surface area contributed by atoms with E-state index in [0.717, 1.165) is 13.1 Å². The van der Waals surface area contributed by atoms with Crippen molar-refractivity contribution in [2.24, 2.45) is 0 Å². The minimum absolute atomic E-state index is 0.426. The van der Waals surface area contributed by atoms with Crippen LogP contribution in [-0.4, -0.2) is 29.6 Å². The highest BCUT2D eigenvalue weighted by Gasteiger charge is 2.23. The third kappa shape index (κ3) is 4.71. The summed E-state index contributed by atoms with van der Waals surface area (Å²) in [7, 11) is 0. The Morgan fingerprint density at radius 2 is 1.90 bits per heavy atom. The van der Waals surface area contributed by atoms with Gasteiger partial charge in [-0.1, -0.05) is 39.8 Å². The number of thioether (sulfide) groups is 1. The van der Waals surface area contributed by atoms with E-state index in [1.54, 1.807) is 0 Å². The van der Waals surface area contributed by atoms with Crippen LogP contribution in [0.1, 0.15) is 39.7 Å². The molecular formula is C17H28N2S. The molecule has 0 unspecified atom stereocenters. The van der Waals surface area contributed by atoms with Gasteiger partial charge in [0.2, 0.25) is 0 Å². The van der Waals surface area contributed by atoms with E-state index < -0.39 is 0 Å². The lowest BCUT2D eigenvalue weighted by molar-refractivity contribution is 0.589. The molecule has 1 fully saturated rings. The molecule has 0 aromatic heterocycles. The maximum absolute atomic E-state index is 3.46. The Balaban J connectivity index is 1.95. The van der Waals surface area contributed by atoms with Crippen LogP contribution < -0.4 is 10.2 Å². The first-order valence-corrected chi connectivity index (χ1v) is 8.66. The molecule has 2 rings (SSSR count). The second-order valence-electron chi connectivity index (χ2n) is 6.55. The highest BCUT2D eigenvalue weighted by atomic mass is 32.2. The molecule has 1 N–H and O–H groups in total. The van der Waals surface area contributed by atoms with Crippen LogP contribution in [0.2, 0.25) is 0 Å². The number of hydrogen-bond donors (Lipinski definition) is 1. The predicted molar refractivity (Wildman–Crippen MR) is 91.8 cm³/mol. The van der Waals surface area contributed by atoms with E-state index in [4.69, 9.17) is 0 Å². The standard InChI is InChI=1S/C17H28N2S/c1-14(2)18-13-15-5-7-16(8-6-15)19-10-9-17(3,4)20-12-11-19/h5-8,14,18H,9-13H2,1-4H3. The highest BCUT2D eigenvalue weighted by Crippen LogP contribution is 2.32. The quantitative estimate of drug-likeness (QED) is 0.906. The molecule has 0 radical (unpaired) electrons. The first-order valence-electron chi connectivity index (χ1n) is 7.67. The number of hydrogen-bond acceptors (Lipinski definition) is 3. The van der Waals surface area contributed by atoms with Crippen LogP contribution in [0.25, 0.3) is 0 Å². The Kier molecular flexibility index (Phi) is 5.39. The lowest BCUT2D eigenvalue weighted by atomic mass is 10.1. The van der Waals surface area contributed by atoms with Crippen molar-refractivity contribution in [3.05, 3.63) is 29.8 Å². The summed E-state index contributed by atoms with van der Waals surface area (Å²) >= 11 is 2.10. The smallest absolute Gasteiger partial charge is 0.0366 e. The minimum Gasteiger partial charge on any atom is -0.371 e. The van der Waals surface area contributed by atoms with Gasteiger partial charge < -0.3 is 10.2 Å². The van der Waals surface area contributed by atoms with Gasteiger partial charge in [0.1, 0.15) is 0 Å². The summed E-state index contributed by atoms with van der Waals surface area (Å²) in [5.41, 5.74) is 2.74. The minimum atomic E-state index is 0.426. The summed E-state index contributed by atoms with van der Waals surface area (Å²) in [6.45, 7) is 12.4. The van der Waals surface area contributed by atoms with Gasteiger partial charge in [-0.25, -0.2) is 0 Å². The number of benzene rings is 1. The third-order valence-electron chi connectivity index (χ3n) is 3.85. The zero-order chi connectivity index (χ0) is 14.6. The van der Waals surface area contributed by atoms with Crippen LogP contribution in [0.4, 0.5) is 5.69 Å². The lowest BCUT2D eigenvalue weighted by Crippen LogP contribution is -2.27. The molecule has 0 aliphatic carbocycles. The molecule has 0 amide bonds. The molecule has 0 spiro atoms. The molecule has 1 saturated heterocycles. The van der Waals surface area contributed by atoms with Gasteiger partial charge in [-0.2, -0.15) is 11.8 Å². The Morgan fingerprint density at radius 1 is 1.20 bits per heavy atom. The molecule has 1 heterocycles. The van der Waals surface area contributed by atoms with Gasteiger partial charge in [-0.3, -0.25) is 0 Å². The van der Waals surface area contributed by atoms with Crippen LogP contribution in [0.3, 0.4) is 0 Å². The number of nitrogens with one attached hydrogen (secondary N) is 1. The van der Waals surface area contributed by atoms with Crippen LogP contribution in [0.15, 0.2) is 24.3 Å². The van der Waals surface area contributed by atoms with E-state index in [9.17, 15) is 0 Å². The normalized spacial score (nSPS) is 19.1. The molecule has 20 heavy (non-hydrogen) atoms. The van der Waals surface area contributed by atoms with E-state index in [0.29, 0.717) is 10.8 Å². The molecule has 112 valence electrons. The van der Waals surface area contributed by atoms with Crippen molar-refractivity contribution in [2.75, 3.05) is 23.7 Å². The molecule has 1 aromatic rings. The number of anilines is 1. The molecule has 0 bridgehead atoms. The Labute approximate surface area is 128 Å². The van der Waals surface area contributed by atoms with Crippen molar-refractivity contribution in [3.63, 3.8) is 0 Å². The molecule has 2 nitrogen and oxygen atoms in total. The van der Waals surface area contributed by atoms with Crippen LogP contribution in [0.5, 0.6) is 0 Å². The average Bonchev–Trinajstić information content (AvgIpc) is 2.58. The maximum Gasteiger partial charge on any atom is 0.0366 e. The SMILES string of the molecule is CC(C)NCc1ccc(N2CCSC(C)(C)CC2)cc1. The van der Waals surface area contributed by atoms with E-state index in [-0.39, 0.29) is 0 Å². The van der Waals surface area contributed by atoms with Crippen molar-refractivity contribution in [1.82, 2.24) is 5.32 Å². The predicted octanol–water partition coefficient (Wildman–Crippen LogP) is 3.91. The second kappa shape index (κ2) is 6.86. The van der Waals surface area contributed by atoms with Crippen LogP contribution in [0, 0.1) is 0 Å². The first kappa shape index (κ1) is 15.7. The lowest BCUT2D eigenvalue weighted by Gasteiger charge is -2.24. The van der Waals surface area contributed by atoms with Gasteiger partial charge in [0.25, 0.3) is 0 Å². The summed E-state index contributed by atoms with van der Waals surface area (Å²) in [5.74, 6) is 1.23. The fourth-order valence-electron chi connectivity index (χ4n) is 2.43. The monoisotopic (exact) mass is 292 g/mol. The number of rotatable bonds is 4. The zero-order valence-corrected chi connectivity index (χ0v) is 14.1. The molecule has 0 saturated carbocycles. The van der Waals surface area contributed by atoms with Crippen molar-refractivity contribution >= 4 is 17.4 Å². The van der Waals surface area contributed by atoms with Crippen molar-refractivity contribution in [3.8, 4) is 0 Å². The highest BCUT2D eigenvalue weighted by molar-refractivity contribution is 8.00. The van der Waals surface area contributed by atoms with Crippen molar-refractivity contribution in [1.29, 1.82) is 0 Å². The van der Waals surface area contributed by atoms with Gasteiger partial charge in [0, 0.05) is 41.9 Å². The van der Waals surface area contributed by atoms with Gasteiger partial charge in [-0.15, -0.1) is 0 Å². The summed E-state index contributed by atoms with van der Waals surface area (Å²) in [6.07, 6.45) is 1.26. The van der Waals surface area contributed by atoms with E-state index in [1.165, 1.54) is 30.0 Å². The third-order valence-corrected chi connectivity index (χ3v) is 5.23. The van der Waals surface area contributed by atoms with E-state index >= 15 is 0 Å². The molecule has 1 aromatic carbocycles. The van der Waals surface area contributed by atoms with Crippen LogP contribution >= 0.6 is 11.8 Å². The van der Waals surface area contributed by atoms with E-state index in [2.05, 4.69) is 73.9 Å². The molecule has 3 heteroatoms. The maximum atomic E-state index is 3.46. The largest absolute Gasteiger partial charge is 0.371 e. The van der Waals surface area contributed by atoms with Gasteiger partial charge in [-0.05, 0) is 24.1 Å². The zero-order valence-electron chi connectivity index (χ0n) is 13.3. The summed E-state index contributed by atoms with van der Waals surface area (Å²) in [5, 5.41) is 3.46. The van der Waals surface area contributed by atoms with Gasteiger partial charge >= 0.3 is 0 Å². The number of nitrogens with zero attached hydrogens (tertiary/aromatic N) is 1. The average molecular weight is 292 g/mol. The van der Waals surface area contributed by atoms with Crippen LogP contribution in [-0.2, 0) is 6.54 Å². The van der Waals surface area contributed by atoms with Crippen molar-refractivity contribution < 1.29 is 0 Å². The summed E-state index contributed by atoms with van der Waals surface area (Å²) < 4.78 is 0.426.